The van der Waals surface area contributed by atoms with Crippen LogP contribution in [0.1, 0.15) is 11.1 Å². The van der Waals surface area contributed by atoms with E-state index in [2.05, 4.69) is 4.98 Å². The molecule has 0 saturated carbocycles. The average molecular weight is 463 g/mol. The van der Waals surface area contributed by atoms with Crippen molar-refractivity contribution in [3.8, 4) is 11.5 Å². The molecule has 2 aromatic heterocycles. The zero-order chi connectivity index (χ0) is 22.1. The van der Waals surface area contributed by atoms with Crippen LogP contribution in [0.4, 0.5) is 0 Å². The maximum absolute atomic E-state index is 12.9. The minimum absolute atomic E-state index is 0.0476. The molecule has 0 aliphatic carbocycles. The molecule has 5 rings (SSSR count). The number of aromatic nitrogens is 2. The largest absolute Gasteiger partial charge is 0.490 e. The first-order valence-corrected chi connectivity index (χ1v) is 11.3. The highest BCUT2D eigenvalue weighted by Gasteiger charge is 2.10. The van der Waals surface area contributed by atoms with Crippen LogP contribution >= 0.6 is 22.9 Å². The van der Waals surface area contributed by atoms with Gasteiger partial charge in [0, 0.05) is 5.02 Å². The normalized spacial score (nSPS) is 12.0. The number of imidazole rings is 1. The second kappa shape index (κ2) is 8.65. The number of para-hydroxylation sites is 2. The summed E-state index contributed by atoms with van der Waals surface area (Å²) in [6.45, 7) is 2.79. The first-order chi connectivity index (χ1) is 15.6. The minimum Gasteiger partial charge on any atom is -0.490 e. The Morgan fingerprint density at radius 3 is 2.50 bits per heavy atom. The monoisotopic (exact) mass is 462 g/mol. The predicted molar refractivity (Wildman–Crippen MR) is 129 cm³/mol. The van der Waals surface area contributed by atoms with Crippen LogP contribution in [-0.2, 0) is 0 Å². The molecular weight excluding hydrogens is 444 g/mol. The van der Waals surface area contributed by atoms with Gasteiger partial charge in [-0.3, -0.25) is 4.79 Å². The van der Waals surface area contributed by atoms with Gasteiger partial charge in [0.15, 0.2) is 4.96 Å². The number of fused-ring (bicyclic) bond motifs is 3. The zero-order valence-corrected chi connectivity index (χ0v) is 18.8. The lowest BCUT2D eigenvalue weighted by atomic mass is 10.2. The Bertz CT molecular complexity index is 1520. The van der Waals surface area contributed by atoms with Crippen LogP contribution < -0.4 is 19.6 Å². The number of hydrogen-bond acceptors (Lipinski definition) is 5. The van der Waals surface area contributed by atoms with Gasteiger partial charge in [-0.25, -0.2) is 9.38 Å². The van der Waals surface area contributed by atoms with Crippen LogP contribution in [-0.4, -0.2) is 22.6 Å². The lowest BCUT2D eigenvalue weighted by molar-refractivity contribution is 0.217. The maximum Gasteiger partial charge on any atom is 0.274 e. The van der Waals surface area contributed by atoms with Gasteiger partial charge in [0.05, 0.1) is 15.6 Å². The fourth-order valence-corrected chi connectivity index (χ4v) is 4.55. The van der Waals surface area contributed by atoms with Gasteiger partial charge in [-0.1, -0.05) is 47.2 Å². The van der Waals surface area contributed by atoms with Gasteiger partial charge in [-0.15, -0.1) is 0 Å². The SMILES string of the molecule is Cc1cc(OCCOc2ccc(C=c3sc4nc5ccccc5n4c3=O)cc2)ccc1Cl. The number of ether oxygens (including phenoxy) is 2. The number of aryl methyl sites for hydroxylation is 1. The van der Waals surface area contributed by atoms with E-state index in [1.54, 1.807) is 4.40 Å². The lowest BCUT2D eigenvalue weighted by Crippen LogP contribution is -2.22. The quantitative estimate of drug-likeness (QED) is 0.338. The summed E-state index contributed by atoms with van der Waals surface area (Å²) in [5.74, 6) is 1.51. The third kappa shape index (κ3) is 4.07. The topological polar surface area (TPSA) is 52.8 Å². The molecule has 0 amide bonds. The van der Waals surface area contributed by atoms with Crippen LogP contribution in [0.2, 0.25) is 5.02 Å². The fraction of sp³-hybridized carbons (Fsp3) is 0.120. The summed E-state index contributed by atoms with van der Waals surface area (Å²) in [7, 11) is 0. The number of benzene rings is 3. The Labute approximate surface area is 193 Å². The molecule has 3 aromatic carbocycles. The molecule has 0 aliphatic heterocycles. The Morgan fingerprint density at radius 1 is 1.00 bits per heavy atom. The molecule has 0 bridgehead atoms. The summed E-state index contributed by atoms with van der Waals surface area (Å²) in [5.41, 5.74) is 3.53. The summed E-state index contributed by atoms with van der Waals surface area (Å²) in [6, 6.07) is 20.9. The van der Waals surface area contributed by atoms with Gasteiger partial charge in [0.25, 0.3) is 5.56 Å². The van der Waals surface area contributed by atoms with E-state index in [0.29, 0.717) is 22.7 Å². The van der Waals surface area contributed by atoms with Crippen molar-refractivity contribution >= 4 is 45.0 Å². The van der Waals surface area contributed by atoms with Gasteiger partial charge in [0.1, 0.15) is 24.7 Å². The van der Waals surface area contributed by atoms with E-state index in [1.165, 1.54) is 11.3 Å². The molecule has 0 spiro atoms. The van der Waals surface area contributed by atoms with Crippen molar-refractivity contribution in [3.63, 3.8) is 0 Å². The summed E-state index contributed by atoms with van der Waals surface area (Å²) in [5, 5.41) is 0.722. The molecule has 0 atom stereocenters. The Hall–Kier alpha value is -3.35. The van der Waals surface area contributed by atoms with Gasteiger partial charge < -0.3 is 9.47 Å². The molecule has 5 aromatic rings. The first-order valence-electron chi connectivity index (χ1n) is 10.1. The molecule has 2 heterocycles. The molecule has 0 radical (unpaired) electrons. The van der Waals surface area contributed by atoms with Crippen molar-refractivity contribution < 1.29 is 9.47 Å². The van der Waals surface area contributed by atoms with Crippen LogP contribution in [0.5, 0.6) is 11.5 Å². The van der Waals surface area contributed by atoms with Crippen molar-refractivity contribution in [2.45, 2.75) is 6.92 Å². The Morgan fingerprint density at radius 2 is 1.72 bits per heavy atom. The Kier molecular flexibility index (Phi) is 5.55. The van der Waals surface area contributed by atoms with Crippen molar-refractivity contribution in [2.24, 2.45) is 0 Å². The van der Waals surface area contributed by atoms with Crippen molar-refractivity contribution in [3.05, 3.63) is 97.8 Å². The Balaban J connectivity index is 1.25. The molecule has 0 N–H and O–H groups in total. The summed E-state index contributed by atoms with van der Waals surface area (Å²) in [6.07, 6.45) is 1.88. The van der Waals surface area contributed by atoms with Crippen LogP contribution in [0.15, 0.2) is 71.5 Å². The first kappa shape index (κ1) is 20.5. The minimum atomic E-state index is -0.0476. The second-order valence-electron chi connectivity index (χ2n) is 7.31. The zero-order valence-electron chi connectivity index (χ0n) is 17.2. The molecular formula is C25H19ClN2O3S. The summed E-state index contributed by atoms with van der Waals surface area (Å²) in [4.78, 5) is 18.1. The van der Waals surface area contributed by atoms with E-state index in [0.717, 1.165) is 38.7 Å². The summed E-state index contributed by atoms with van der Waals surface area (Å²) < 4.78 is 13.8. The average Bonchev–Trinajstić information content (AvgIpc) is 3.31. The number of rotatable bonds is 6. The second-order valence-corrected chi connectivity index (χ2v) is 8.73. The van der Waals surface area contributed by atoms with Crippen LogP contribution in [0.25, 0.3) is 22.1 Å². The molecule has 0 aliphatic rings. The van der Waals surface area contributed by atoms with E-state index in [-0.39, 0.29) is 5.56 Å². The number of thiazole rings is 1. The highest BCUT2D eigenvalue weighted by Crippen LogP contribution is 2.21. The third-order valence-corrected chi connectivity index (χ3v) is 6.47. The van der Waals surface area contributed by atoms with Crippen molar-refractivity contribution in [1.82, 2.24) is 9.38 Å². The van der Waals surface area contributed by atoms with Crippen LogP contribution in [0, 0.1) is 6.92 Å². The van der Waals surface area contributed by atoms with Gasteiger partial charge >= 0.3 is 0 Å². The van der Waals surface area contributed by atoms with Crippen LogP contribution in [0.3, 0.4) is 0 Å². The molecule has 5 nitrogen and oxygen atoms in total. The predicted octanol–water partition coefficient (Wildman–Crippen LogP) is 4.88. The molecule has 0 saturated heterocycles. The number of hydrogen-bond donors (Lipinski definition) is 0. The van der Waals surface area contributed by atoms with Gasteiger partial charge in [-0.2, -0.15) is 0 Å². The number of halogens is 1. The van der Waals surface area contributed by atoms with Gasteiger partial charge in [0.2, 0.25) is 0 Å². The molecule has 0 unspecified atom stereocenters. The molecule has 160 valence electrons. The van der Waals surface area contributed by atoms with E-state index < -0.39 is 0 Å². The fourth-order valence-electron chi connectivity index (χ4n) is 3.45. The molecule has 0 fully saturated rings. The van der Waals surface area contributed by atoms with Crippen molar-refractivity contribution in [1.29, 1.82) is 0 Å². The van der Waals surface area contributed by atoms with E-state index >= 15 is 0 Å². The molecule has 7 heteroatoms. The van der Waals surface area contributed by atoms with E-state index in [9.17, 15) is 4.79 Å². The summed E-state index contributed by atoms with van der Waals surface area (Å²) >= 11 is 7.42. The number of nitrogens with zero attached hydrogens (tertiary/aromatic N) is 2. The van der Waals surface area contributed by atoms with Gasteiger partial charge in [-0.05, 0) is 66.6 Å². The lowest BCUT2D eigenvalue weighted by Gasteiger charge is -2.09. The smallest absolute Gasteiger partial charge is 0.274 e. The molecule has 32 heavy (non-hydrogen) atoms. The maximum atomic E-state index is 12.9. The third-order valence-electron chi connectivity index (χ3n) is 5.07. The highest BCUT2D eigenvalue weighted by atomic mass is 35.5. The van der Waals surface area contributed by atoms with E-state index in [4.69, 9.17) is 21.1 Å². The standard InChI is InChI=1S/C25H19ClN2O3S/c1-16-14-19(10-11-20(16)26)31-13-12-30-18-8-6-17(7-9-18)15-23-24(29)28-22-5-3-2-4-21(22)27-25(28)32-23/h2-11,14-15H,12-13H2,1H3. The van der Waals surface area contributed by atoms with Crippen molar-refractivity contribution in [2.75, 3.05) is 13.2 Å². The van der Waals surface area contributed by atoms with E-state index in [1.807, 2.05) is 79.7 Å². The highest BCUT2D eigenvalue weighted by molar-refractivity contribution is 7.15.